The number of nitro benzene ring substituents is 1. The van der Waals surface area contributed by atoms with Crippen LogP contribution < -0.4 is 10.1 Å². The molecule has 0 aliphatic heterocycles. The molecule has 2 N–H and O–H groups in total. The molecule has 0 saturated heterocycles. The number of aliphatic hydroxyl groups is 1. The number of aliphatic hydroxyl groups excluding tert-OH is 1. The summed E-state index contributed by atoms with van der Waals surface area (Å²) >= 11 is 5.82. The third-order valence-corrected chi connectivity index (χ3v) is 3.59. The second-order valence-corrected chi connectivity index (χ2v) is 5.84. The minimum Gasteiger partial charge on any atom is -0.456 e. The maximum atomic E-state index is 12.7. The zero-order chi connectivity index (χ0) is 22.9. The lowest BCUT2D eigenvalue weighted by Gasteiger charge is -2.12. The van der Waals surface area contributed by atoms with Gasteiger partial charge in [0.05, 0.1) is 21.1 Å². The Morgan fingerprint density at radius 1 is 1.27 bits per heavy atom. The Hall–Kier alpha value is -3.05. The van der Waals surface area contributed by atoms with Crippen LogP contribution >= 0.6 is 11.6 Å². The average molecular weight is 451 g/mol. The van der Waals surface area contributed by atoms with Crippen LogP contribution in [0.15, 0.2) is 36.4 Å². The molecule has 0 heterocycles. The van der Waals surface area contributed by atoms with Gasteiger partial charge in [-0.15, -0.1) is 0 Å². The molecule has 1 amide bonds. The van der Waals surface area contributed by atoms with E-state index >= 15 is 0 Å². The van der Waals surface area contributed by atoms with Gasteiger partial charge < -0.3 is 19.9 Å². The first-order valence-electron chi connectivity index (χ1n) is 8.30. The van der Waals surface area contributed by atoms with Crippen molar-refractivity contribution in [2.45, 2.75) is 19.7 Å². The van der Waals surface area contributed by atoms with Gasteiger partial charge in [0.1, 0.15) is 18.1 Å². The van der Waals surface area contributed by atoms with Crippen LogP contribution in [-0.4, -0.2) is 29.8 Å². The highest BCUT2D eigenvalue weighted by atomic mass is 35.5. The van der Waals surface area contributed by atoms with E-state index < -0.39 is 29.4 Å². The predicted molar refractivity (Wildman–Crippen MR) is 102 cm³/mol. The van der Waals surface area contributed by atoms with E-state index in [1.54, 1.807) is 6.92 Å². The van der Waals surface area contributed by atoms with Crippen LogP contribution in [0.4, 0.5) is 23.7 Å². The van der Waals surface area contributed by atoms with Crippen molar-refractivity contribution < 1.29 is 37.5 Å². The Kier molecular flexibility index (Phi) is 9.34. The number of nitro groups is 1. The maximum Gasteiger partial charge on any atom is 0.416 e. The van der Waals surface area contributed by atoms with Gasteiger partial charge in [0.25, 0.3) is 5.69 Å². The lowest BCUT2D eigenvalue weighted by molar-refractivity contribution is -0.385. The van der Waals surface area contributed by atoms with E-state index in [9.17, 15) is 28.1 Å². The van der Waals surface area contributed by atoms with Gasteiger partial charge in [0, 0.05) is 19.7 Å². The molecular weight excluding hydrogens is 433 g/mol. The number of carbonyl (C=O) groups excluding carboxylic acids is 1. The summed E-state index contributed by atoms with van der Waals surface area (Å²) in [7, 11) is 1.32. The van der Waals surface area contributed by atoms with Crippen molar-refractivity contribution in [1.29, 1.82) is 0 Å². The van der Waals surface area contributed by atoms with Crippen molar-refractivity contribution in [3.05, 3.63) is 62.7 Å². The van der Waals surface area contributed by atoms with Crippen LogP contribution in [0.1, 0.15) is 18.1 Å². The molecule has 8 nitrogen and oxygen atoms in total. The summed E-state index contributed by atoms with van der Waals surface area (Å²) < 4.78 is 48.2. The third kappa shape index (κ3) is 7.41. The molecule has 0 fully saturated rings. The van der Waals surface area contributed by atoms with E-state index in [0.29, 0.717) is 6.07 Å². The summed E-state index contributed by atoms with van der Waals surface area (Å²) in [4.78, 5) is 21.6. The fourth-order valence-electron chi connectivity index (χ4n) is 2.02. The third-order valence-electron chi connectivity index (χ3n) is 3.30. The molecule has 0 radical (unpaired) electrons. The number of alkyl halides is 3. The molecule has 12 heteroatoms. The number of carbonyl (C=O) groups is 1. The first-order valence-corrected chi connectivity index (χ1v) is 8.68. The van der Waals surface area contributed by atoms with E-state index in [4.69, 9.17) is 26.2 Å². The molecule has 2 rings (SSSR count). The molecule has 0 aliphatic rings. The number of nitrogens with zero attached hydrogens (tertiary/aromatic N) is 1. The Morgan fingerprint density at radius 3 is 2.40 bits per heavy atom. The zero-order valence-electron chi connectivity index (χ0n) is 15.8. The minimum absolute atomic E-state index is 0.0316. The van der Waals surface area contributed by atoms with Crippen molar-refractivity contribution in [3.63, 3.8) is 0 Å². The number of halogens is 4. The summed E-state index contributed by atoms with van der Waals surface area (Å²) in [5, 5.41) is 20.5. The minimum atomic E-state index is -4.56. The Balaban J connectivity index is 0.00000141. The summed E-state index contributed by atoms with van der Waals surface area (Å²) in [5.41, 5.74) is -1.22. The Bertz CT molecular complexity index is 893. The first kappa shape index (κ1) is 25.0. The molecule has 164 valence electrons. The van der Waals surface area contributed by atoms with Gasteiger partial charge in [-0.25, -0.2) is 4.79 Å². The molecule has 2 aromatic rings. The monoisotopic (exact) mass is 450 g/mol. The van der Waals surface area contributed by atoms with Gasteiger partial charge in [-0.2, -0.15) is 13.2 Å². The smallest absolute Gasteiger partial charge is 0.416 e. The molecule has 2 aromatic carbocycles. The highest BCUT2D eigenvalue weighted by Crippen LogP contribution is 2.37. The van der Waals surface area contributed by atoms with Gasteiger partial charge >= 0.3 is 12.3 Å². The fourth-order valence-corrected chi connectivity index (χ4v) is 2.24. The van der Waals surface area contributed by atoms with E-state index in [1.807, 2.05) is 0 Å². The van der Waals surface area contributed by atoms with Gasteiger partial charge in [-0.3, -0.25) is 10.1 Å². The number of alkyl carbamates (subject to hydrolysis) is 1. The van der Waals surface area contributed by atoms with Gasteiger partial charge in [-0.1, -0.05) is 11.6 Å². The molecule has 0 saturated carbocycles. The molecule has 0 bridgehead atoms. The van der Waals surface area contributed by atoms with Crippen LogP contribution in [-0.2, 0) is 17.5 Å². The number of benzene rings is 2. The average Bonchev–Trinajstić information content (AvgIpc) is 2.67. The zero-order valence-corrected chi connectivity index (χ0v) is 16.6. The number of hydrogen-bond donors (Lipinski definition) is 2. The van der Waals surface area contributed by atoms with Crippen molar-refractivity contribution in [2.24, 2.45) is 0 Å². The summed E-state index contributed by atoms with van der Waals surface area (Å²) in [6.45, 7) is 1.52. The van der Waals surface area contributed by atoms with E-state index in [2.05, 4.69) is 5.32 Å². The normalized spacial score (nSPS) is 10.5. The Morgan fingerprint density at radius 2 is 1.90 bits per heavy atom. The van der Waals surface area contributed by atoms with Gasteiger partial charge in [0.2, 0.25) is 0 Å². The van der Waals surface area contributed by atoms with Gasteiger partial charge in [0.15, 0.2) is 0 Å². The van der Waals surface area contributed by atoms with Crippen molar-refractivity contribution in [2.75, 3.05) is 13.7 Å². The van der Waals surface area contributed by atoms with E-state index in [1.165, 1.54) is 19.2 Å². The van der Waals surface area contributed by atoms with E-state index in [0.717, 1.165) is 18.2 Å². The van der Waals surface area contributed by atoms with Crippen LogP contribution in [0.5, 0.6) is 11.5 Å². The number of rotatable bonds is 5. The fraction of sp³-hybridized carbons (Fsp3) is 0.278. The topological polar surface area (TPSA) is 111 Å². The van der Waals surface area contributed by atoms with Crippen molar-refractivity contribution in [1.82, 2.24) is 5.32 Å². The second kappa shape index (κ2) is 11.2. The van der Waals surface area contributed by atoms with Crippen LogP contribution in [0.3, 0.4) is 0 Å². The molecule has 0 atom stereocenters. The standard InChI is InChI=1S/C16H12ClF3N2O5.C2H6O/c1-21-15(23)26-8-9-6-11(3-4-13(9)22(24)25)27-14-5-2-10(7-12(14)17)16(18,19)20;1-2-3/h2-7H,8H2,1H3,(H,21,23);3H,2H2,1H3. The summed E-state index contributed by atoms with van der Waals surface area (Å²) in [6, 6.07) is 6.13. The molecule has 0 aromatic heterocycles. The van der Waals surface area contributed by atoms with Crippen molar-refractivity contribution >= 4 is 23.4 Å². The van der Waals surface area contributed by atoms with Crippen molar-refractivity contribution in [3.8, 4) is 11.5 Å². The lowest BCUT2D eigenvalue weighted by atomic mass is 10.1. The SMILES string of the molecule is CCO.CNC(=O)OCc1cc(Oc2ccc(C(F)(F)F)cc2Cl)ccc1[N+](=O)[O-]. The predicted octanol–water partition coefficient (Wildman–Crippen LogP) is 4.91. The quantitative estimate of drug-likeness (QED) is 0.494. The summed E-state index contributed by atoms with van der Waals surface area (Å²) in [6.07, 6.45) is -5.35. The first-order chi connectivity index (χ1) is 14.0. The summed E-state index contributed by atoms with van der Waals surface area (Å²) in [5.74, 6) is -0.00513. The number of amides is 1. The van der Waals surface area contributed by atoms with Gasteiger partial charge in [-0.05, 0) is 37.3 Å². The highest BCUT2D eigenvalue weighted by Gasteiger charge is 2.31. The lowest BCUT2D eigenvalue weighted by Crippen LogP contribution is -2.19. The molecular formula is C18H18ClF3N2O6. The van der Waals surface area contributed by atoms with E-state index in [-0.39, 0.29) is 34.4 Å². The molecule has 30 heavy (non-hydrogen) atoms. The highest BCUT2D eigenvalue weighted by molar-refractivity contribution is 6.32. The molecule has 0 unspecified atom stereocenters. The van der Waals surface area contributed by atoms with Crippen LogP contribution in [0.25, 0.3) is 0 Å². The second-order valence-electron chi connectivity index (χ2n) is 5.44. The number of hydrogen-bond acceptors (Lipinski definition) is 6. The number of ether oxygens (including phenoxy) is 2. The molecule has 0 spiro atoms. The Labute approximate surface area is 174 Å². The largest absolute Gasteiger partial charge is 0.456 e. The van der Waals surface area contributed by atoms with Crippen LogP contribution in [0, 0.1) is 10.1 Å². The number of nitrogens with one attached hydrogen (secondary N) is 1. The van der Waals surface area contributed by atoms with Crippen LogP contribution in [0.2, 0.25) is 5.02 Å². The molecule has 0 aliphatic carbocycles. The maximum absolute atomic E-state index is 12.7.